The normalized spacial score (nSPS) is 31.0. The van der Waals surface area contributed by atoms with Crippen molar-refractivity contribution in [3.63, 3.8) is 0 Å². The minimum absolute atomic E-state index is 0.278. The topological polar surface area (TPSA) is 15.3 Å². The first-order valence-electron chi connectivity index (χ1n) is 5.36. The SMILES string of the molecule is CC1CNCC(C)CN(CC(F)(F)F)C1. The summed E-state index contributed by atoms with van der Waals surface area (Å²) < 4.78 is 36.8. The van der Waals surface area contributed by atoms with Crippen molar-refractivity contribution in [2.24, 2.45) is 11.8 Å². The summed E-state index contributed by atoms with van der Waals surface area (Å²) in [6.45, 7) is 5.84. The Morgan fingerprint density at radius 1 is 1.13 bits per heavy atom. The van der Waals surface area contributed by atoms with Crippen molar-refractivity contribution in [2.45, 2.75) is 20.0 Å². The highest BCUT2D eigenvalue weighted by atomic mass is 19.4. The average molecular weight is 224 g/mol. The highest BCUT2D eigenvalue weighted by Crippen LogP contribution is 2.18. The van der Waals surface area contributed by atoms with E-state index >= 15 is 0 Å². The lowest BCUT2D eigenvalue weighted by molar-refractivity contribution is -0.148. The minimum atomic E-state index is -4.08. The van der Waals surface area contributed by atoms with Crippen molar-refractivity contribution in [1.29, 1.82) is 0 Å². The molecular formula is C10H19F3N2. The van der Waals surface area contributed by atoms with E-state index in [4.69, 9.17) is 0 Å². The third-order valence-corrected chi connectivity index (χ3v) is 2.53. The molecule has 90 valence electrons. The van der Waals surface area contributed by atoms with Crippen LogP contribution in [0.2, 0.25) is 0 Å². The van der Waals surface area contributed by atoms with E-state index in [1.54, 1.807) is 0 Å². The third kappa shape index (κ3) is 5.37. The number of alkyl halides is 3. The number of nitrogens with zero attached hydrogens (tertiary/aromatic N) is 1. The average Bonchev–Trinajstić information content (AvgIpc) is 1.97. The van der Waals surface area contributed by atoms with Crippen LogP contribution in [0.25, 0.3) is 0 Å². The number of nitrogens with one attached hydrogen (secondary N) is 1. The van der Waals surface area contributed by atoms with Crippen LogP contribution in [0, 0.1) is 11.8 Å². The van der Waals surface area contributed by atoms with Gasteiger partial charge in [0.15, 0.2) is 0 Å². The lowest BCUT2D eigenvalue weighted by atomic mass is 10.1. The second kappa shape index (κ2) is 5.16. The van der Waals surface area contributed by atoms with Crippen molar-refractivity contribution in [3.05, 3.63) is 0 Å². The van der Waals surface area contributed by atoms with Crippen LogP contribution in [-0.2, 0) is 0 Å². The zero-order valence-electron chi connectivity index (χ0n) is 9.27. The Labute approximate surface area is 88.8 Å². The smallest absolute Gasteiger partial charge is 0.316 e. The van der Waals surface area contributed by atoms with E-state index in [0.717, 1.165) is 13.1 Å². The standard InChI is InChI=1S/C10H19F3N2/c1-8-3-14-4-9(2)6-15(5-8)7-10(11,12)13/h8-9,14H,3-7H2,1-2H3. The Morgan fingerprint density at radius 2 is 1.60 bits per heavy atom. The molecule has 0 amide bonds. The van der Waals surface area contributed by atoms with Gasteiger partial charge in [-0.15, -0.1) is 0 Å². The van der Waals surface area contributed by atoms with Gasteiger partial charge in [0.05, 0.1) is 6.54 Å². The summed E-state index contributed by atoms with van der Waals surface area (Å²) in [4.78, 5) is 1.52. The third-order valence-electron chi connectivity index (χ3n) is 2.53. The molecule has 0 saturated carbocycles. The molecule has 0 radical (unpaired) electrons. The fraction of sp³-hybridized carbons (Fsp3) is 1.00. The monoisotopic (exact) mass is 224 g/mol. The Bertz CT molecular complexity index is 182. The van der Waals surface area contributed by atoms with Gasteiger partial charge in [-0.25, -0.2) is 0 Å². The Balaban J connectivity index is 2.50. The first kappa shape index (κ1) is 12.8. The summed E-state index contributed by atoms with van der Waals surface area (Å²) in [5.74, 6) is 0.555. The van der Waals surface area contributed by atoms with Gasteiger partial charge in [0, 0.05) is 13.1 Å². The first-order valence-corrected chi connectivity index (χ1v) is 5.36. The summed E-state index contributed by atoms with van der Waals surface area (Å²) in [5.41, 5.74) is 0. The molecule has 0 aromatic heterocycles. The fourth-order valence-electron chi connectivity index (χ4n) is 2.04. The van der Waals surface area contributed by atoms with Gasteiger partial charge in [0.25, 0.3) is 0 Å². The molecule has 1 rings (SSSR count). The Hall–Kier alpha value is -0.290. The van der Waals surface area contributed by atoms with Gasteiger partial charge in [0.1, 0.15) is 0 Å². The molecule has 1 saturated heterocycles. The molecule has 5 heteroatoms. The molecule has 0 aromatic rings. The van der Waals surface area contributed by atoms with E-state index in [2.05, 4.69) is 5.32 Å². The number of halogens is 3. The quantitative estimate of drug-likeness (QED) is 0.729. The van der Waals surface area contributed by atoms with Crippen LogP contribution in [0.1, 0.15) is 13.8 Å². The number of hydrogen-bond donors (Lipinski definition) is 1. The van der Waals surface area contributed by atoms with Crippen LogP contribution < -0.4 is 5.32 Å². The second-order valence-corrected chi connectivity index (χ2v) is 4.68. The first-order chi connectivity index (χ1) is 6.87. The van der Waals surface area contributed by atoms with Crippen LogP contribution in [0.4, 0.5) is 13.2 Å². The zero-order chi connectivity index (χ0) is 11.5. The predicted molar refractivity (Wildman–Crippen MR) is 53.7 cm³/mol. The van der Waals surface area contributed by atoms with Crippen LogP contribution in [0.15, 0.2) is 0 Å². The van der Waals surface area contributed by atoms with Crippen molar-refractivity contribution < 1.29 is 13.2 Å². The molecule has 1 aliphatic rings. The highest BCUT2D eigenvalue weighted by Gasteiger charge is 2.32. The Kier molecular flexibility index (Phi) is 4.40. The van der Waals surface area contributed by atoms with E-state index in [1.165, 1.54) is 4.90 Å². The van der Waals surface area contributed by atoms with E-state index in [1.807, 2.05) is 13.8 Å². The summed E-state index contributed by atoms with van der Waals surface area (Å²) >= 11 is 0. The van der Waals surface area contributed by atoms with Crippen LogP contribution in [0.5, 0.6) is 0 Å². The molecule has 1 fully saturated rings. The summed E-state index contributed by atoms with van der Waals surface area (Å²) in [7, 11) is 0. The van der Waals surface area contributed by atoms with Crippen LogP contribution in [-0.4, -0.2) is 43.8 Å². The minimum Gasteiger partial charge on any atom is -0.316 e. The van der Waals surface area contributed by atoms with Crippen molar-refractivity contribution >= 4 is 0 Å². The molecular weight excluding hydrogens is 205 g/mol. The number of rotatable bonds is 1. The molecule has 2 atom stereocenters. The molecule has 0 bridgehead atoms. The molecule has 1 aliphatic heterocycles. The maximum absolute atomic E-state index is 12.3. The van der Waals surface area contributed by atoms with E-state index in [9.17, 15) is 13.2 Å². The summed E-state index contributed by atoms with van der Waals surface area (Å²) in [5, 5.41) is 3.26. The lowest BCUT2D eigenvalue weighted by Gasteiger charge is -2.32. The highest BCUT2D eigenvalue weighted by molar-refractivity contribution is 4.74. The zero-order valence-corrected chi connectivity index (χ0v) is 9.27. The molecule has 2 nitrogen and oxygen atoms in total. The van der Waals surface area contributed by atoms with E-state index < -0.39 is 12.7 Å². The van der Waals surface area contributed by atoms with Gasteiger partial charge < -0.3 is 5.32 Å². The lowest BCUT2D eigenvalue weighted by Crippen LogP contribution is -2.45. The van der Waals surface area contributed by atoms with Gasteiger partial charge in [-0.05, 0) is 24.9 Å². The largest absolute Gasteiger partial charge is 0.401 e. The molecule has 1 heterocycles. The van der Waals surface area contributed by atoms with Crippen molar-refractivity contribution in [3.8, 4) is 0 Å². The van der Waals surface area contributed by atoms with Gasteiger partial charge in [0.2, 0.25) is 0 Å². The summed E-state index contributed by atoms with van der Waals surface area (Å²) in [6.07, 6.45) is -4.08. The van der Waals surface area contributed by atoms with E-state index in [0.29, 0.717) is 13.1 Å². The Morgan fingerprint density at radius 3 is 2.00 bits per heavy atom. The number of hydrogen-bond acceptors (Lipinski definition) is 2. The van der Waals surface area contributed by atoms with Gasteiger partial charge in [-0.3, -0.25) is 4.90 Å². The van der Waals surface area contributed by atoms with Gasteiger partial charge >= 0.3 is 6.18 Å². The molecule has 15 heavy (non-hydrogen) atoms. The van der Waals surface area contributed by atoms with E-state index in [-0.39, 0.29) is 11.8 Å². The maximum Gasteiger partial charge on any atom is 0.401 e. The summed E-state index contributed by atoms with van der Waals surface area (Å²) in [6, 6.07) is 0. The fourth-order valence-corrected chi connectivity index (χ4v) is 2.04. The van der Waals surface area contributed by atoms with Crippen molar-refractivity contribution in [2.75, 3.05) is 32.7 Å². The predicted octanol–water partition coefficient (Wildman–Crippen LogP) is 1.73. The molecule has 0 aromatic carbocycles. The van der Waals surface area contributed by atoms with Gasteiger partial charge in [-0.2, -0.15) is 13.2 Å². The molecule has 2 unspecified atom stereocenters. The second-order valence-electron chi connectivity index (χ2n) is 4.68. The molecule has 0 spiro atoms. The van der Waals surface area contributed by atoms with Crippen LogP contribution in [0.3, 0.4) is 0 Å². The van der Waals surface area contributed by atoms with Gasteiger partial charge in [-0.1, -0.05) is 13.8 Å². The van der Waals surface area contributed by atoms with Crippen molar-refractivity contribution in [1.82, 2.24) is 10.2 Å². The maximum atomic E-state index is 12.3. The van der Waals surface area contributed by atoms with Crippen LogP contribution >= 0.6 is 0 Å². The molecule has 1 N–H and O–H groups in total. The molecule has 0 aliphatic carbocycles.